The molecular weight excluding hydrogens is 522 g/mol. The van der Waals surface area contributed by atoms with E-state index < -0.39 is 42.7 Å². The Morgan fingerprint density at radius 1 is 0.829 bits per heavy atom. The quantitative estimate of drug-likeness (QED) is 0.227. The number of nitrogen functional groups attached to an aromatic ring is 1. The molecule has 0 bridgehead atoms. The number of rotatable bonds is 10. The Balaban J connectivity index is 1.87. The molecule has 0 radical (unpaired) electrons. The number of nitrogens with zero attached hydrogens (tertiary/aromatic N) is 2. The lowest BCUT2D eigenvalue weighted by Crippen LogP contribution is -2.16. The van der Waals surface area contributed by atoms with Gasteiger partial charge in [0.2, 0.25) is 0 Å². The summed E-state index contributed by atoms with van der Waals surface area (Å²) in [5, 5.41) is 8.87. The van der Waals surface area contributed by atoms with Crippen molar-refractivity contribution >= 4 is 58.2 Å². The molecule has 0 saturated heterocycles. The van der Waals surface area contributed by atoms with E-state index in [4.69, 9.17) is 5.73 Å². The van der Waals surface area contributed by atoms with Gasteiger partial charge in [-0.1, -0.05) is 24.3 Å². The summed E-state index contributed by atoms with van der Waals surface area (Å²) in [5.74, 6) is -0.596. The number of fused-ring (bicyclic) bond motifs is 1. The fraction of sp³-hybridized carbons (Fsp3) is 0.200. The van der Waals surface area contributed by atoms with Crippen molar-refractivity contribution in [2.45, 2.75) is 9.79 Å². The van der Waals surface area contributed by atoms with E-state index >= 15 is 0 Å². The standard InChI is InChI=1S/C20H21N3O9S3/c1-30-34(26,27)19-13-18(20(21)17-6-4-3-5-16(17)19)23-22-14-7-9-15(10-8-14)33(24,25)12-11-32-35(28,29)31-2/h3-10,13H,11-12,21H2,1-2H3. The van der Waals surface area contributed by atoms with Gasteiger partial charge in [0, 0.05) is 10.8 Å². The highest BCUT2D eigenvalue weighted by atomic mass is 32.3. The maximum atomic E-state index is 12.4. The number of hydrogen-bond acceptors (Lipinski definition) is 12. The zero-order chi connectivity index (χ0) is 25.9. The van der Waals surface area contributed by atoms with Crippen LogP contribution in [-0.4, -0.2) is 51.8 Å². The molecule has 0 heterocycles. The molecule has 3 aromatic rings. The summed E-state index contributed by atoms with van der Waals surface area (Å²) < 4.78 is 84.9. The topological polar surface area (TPSA) is 181 Å². The molecule has 0 amide bonds. The first-order valence-electron chi connectivity index (χ1n) is 9.71. The fourth-order valence-electron chi connectivity index (χ4n) is 2.97. The molecule has 0 fully saturated rings. The fourth-order valence-corrected chi connectivity index (χ4v) is 5.43. The summed E-state index contributed by atoms with van der Waals surface area (Å²) in [6.45, 7) is -0.617. The number of nitrogens with two attached hydrogens (primary N) is 1. The molecule has 0 saturated carbocycles. The van der Waals surface area contributed by atoms with Crippen LogP contribution in [-0.2, 0) is 42.9 Å². The van der Waals surface area contributed by atoms with Gasteiger partial charge in [-0.25, -0.2) is 12.6 Å². The lowest BCUT2D eigenvalue weighted by atomic mass is 10.1. The average Bonchev–Trinajstić information content (AvgIpc) is 2.83. The van der Waals surface area contributed by atoms with Gasteiger partial charge in [0.25, 0.3) is 10.1 Å². The van der Waals surface area contributed by atoms with E-state index in [2.05, 4.69) is 22.8 Å². The number of hydrogen-bond donors (Lipinski definition) is 1. The van der Waals surface area contributed by atoms with Crippen LogP contribution in [0, 0.1) is 0 Å². The molecule has 0 aliphatic heterocycles. The Bertz CT molecular complexity index is 1580. The van der Waals surface area contributed by atoms with Gasteiger partial charge in [-0.15, -0.1) is 5.11 Å². The summed E-state index contributed by atoms with van der Waals surface area (Å²) in [6.07, 6.45) is 0. The third-order valence-corrected chi connectivity index (χ3v) is 8.64. The van der Waals surface area contributed by atoms with Gasteiger partial charge in [0.15, 0.2) is 9.84 Å². The SMILES string of the molecule is COS(=O)(=O)OCCS(=O)(=O)c1ccc(N=Nc2cc(S(=O)(=O)OC)c3ccccc3c2N)cc1. The van der Waals surface area contributed by atoms with Crippen LogP contribution in [0.3, 0.4) is 0 Å². The molecule has 0 aliphatic carbocycles. The second-order valence-electron chi connectivity index (χ2n) is 6.88. The van der Waals surface area contributed by atoms with Crippen LogP contribution in [0.1, 0.15) is 0 Å². The van der Waals surface area contributed by atoms with E-state index in [0.717, 1.165) is 14.2 Å². The van der Waals surface area contributed by atoms with E-state index in [1.54, 1.807) is 24.3 Å². The summed E-state index contributed by atoms with van der Waals surface area (Å²) in [4.78, 5) is -0.216. The lowest BCUT2D eigenvalue weighted by Gasteiger charge is -2.10. The Morgan fingerprint density at radius 2 is 1.46 bits per heavy atom. The molecule has 0 spiro atoms. The molecule has 35 heavy (non-hydrogen) atoms. The molecule has 2 N–H and O–H groups in total. The minimum Gasteiger partial charge on any atom is -0.396 e. The smallest absolute Gasteiger partial charge is 0.396 e. The third-order valence-electron chi connectivity index (χ3n) is 4.77. The van der Waals surface area contributed by atoms with Crippen molar-refractivity contribution in [2.75, 3.05) is 32.3 Å². The van der Waals surface area contributed by atoms with E-state index in [0.29, 0.717) is 10.8 Å². The highest BCUT2D eigenvalue weighted by Crippen LogP contribution is 2.37. The highest BCUT2D eigenvalue weighted by molar-refractivity contribution is 7.91. The van der Waals surface area contributed by atoms with E-state index in [9.17, 15) is 25.3 Å². The van der Waals surface area contributed by atoms with Gasteiger partial charge >= 0.3 is 10.4 Å². The monoisotopic (exact) mass is 543 g/mol. The molecular formula is C20H21N3O9S3. The largest absolute Gasteiger partial charge is 0.399 e. The molecule has 15 heteroatoms. The predicted molar refractivity (Wildman–Crippen MR) is 127 cm³/mol. The van der Waals surface area contributed by atoms with Crippen LogP contribution in [0.4, 0.5) is 17.1 Å². The lowest BCUT2D eigenvalue weighted by molar-refractivity contribution is 0.255. The molecule has 0 unspecified atom stereocenters. The maximum Gasteiger partial charge on any atom is 0.399 e. The molecule has 0 aliphatic rings. The molecule has 3 aromatic carbocycles. The summed E-state index contributed by atoms with van der Waals surface area (Å²) in [6, 6.07) is 13.1. The van der Waals surface area contributed by atoms with Crippen LogP contribution in [0.2, 0.25) is 0 Å². The third kappa shape index (κ3) is 6.19. The van der Waals surface area contributed by atoms with Crippen LogP contribution < -0.4 is 5.73 Å². The Labute approximate surface area is 202 Å². The van der Waals surface area contributed by atoms with Crippen molar-refractivity contribution in [3.8, 4) is 0 Å². The Hall–Kier alpha value is -2.95. The zero-order valence-corrected chi connectivity index (χ0v) is 20.9. The van der Waals surface area contributed by atoms with Crippen molar-refractivity contribution in [1.29, 1.82) is 0 Å². The minimum absolute atomic E-state index is 0.0764. The van der Waals surface area contributed by atoms with Crippen molar-refractivity contribution in [3.05, 3.63) is 54.6 Å². The number of azo groups is 1. The van der Waals surface area contributed by atoms with Gasteiger partial charge < -0.3 is 5.73 Å². The molecule has 12 nitrogen and oxygen atoms in total. The number of sulfone groups is 1. The summed E-state index contributed by atoms with van der Waals surface area (Å²) >= 11 is 0. The Morgan fingerprint density at radius 3 is 2.06 bits per heavy atom. The van der Waals surface area contributed by atoms with Crippen LogP contribution in [0.15, 0.2) is 74.6 Å². The van der Waals surface area contributed by atoms with Crippen molar-refractivity contribution in [1.82, 2.24) is 0 Å². The minimum atomic E-state index is -4.24. The van der Waals surface area contributed by atoms with E-state index in [-0.39, 0.29) is 26.9 Å². The molecule has 0 aromatic heterocycles. The summed E-state index contributed by atoms with van der Waals surface area (Å²) in [7, 11) is -10.2. The average molecular weight is 544 g/mol. The summed E-state index contributed by atoms with van der Waals surface area (Å²) in [5.41, 5.74) is 6.70. The van der Waals surface area contributed by atoms with Crippen LogP contribution in [0.25, 0.3) is 10.8 Å². The zero-order valence-electron chi connectivity index (χ0n) is 18.5. The maximum absolute atomic E-state index is 12.4. The first kappa shape index (κ1) is 26.7. The first-order valence-corrected chi connectivity index (χ1v) is 14.1. The second-order valence-corrected chi connectivity index (χ2v) is 12.1. The Kier molecular flexibility index (Phi) is 7.88. The molecule has 3 rings (SSSR count). The van der Waals surface area contributed by atoms with Crippen molar-refractivity contribution in [2.24, 2.45) is 10.2 Å². The van der Waals surface area contributed by atoms with Crippen LogP contribution in [0.5, 0.6) is 0 Å². The van der Waals surface area contributed by atoms with Gasteiger partial charge in [-0.3, -0.25) is 8.37 Å². The van der Waals surface area contributed by atoms with Gasteiger partial charge in [0.1, 0.15) is 10.6 Å². The predicted octanol–water partition coefficient (Wildman–Crippen LogP) is 2.85. The van der Waals surface area contributed by atoms with Gasteiger partial charge in [-0.2, -0.15) is 21.9 Å². The number of anilines is 1. The van der Waals surface area contributed by atoms with Gasteiger partial charge in [-0.05, 0) is 30.3 Å². The molecule has 0 atom stereocenters. The van der Waals surface area contributed by atoms with Crippen molar-refractivity contribution < 1.29 is 37.8 Å². The van der Waals surface area contributed by atoms with Crippen molar-refractivity contribution in [3.63, 3.8) is 0 Å². The van der Waals surface area contributed by atoms with E-state index in [1.807, 2.05) is 0 Å². The number of benzene rings is 3. The van der Waals surface area contributed by atoms with Gasteiger partial charge in [0.05, 0.1) is 42.8 Å². The first-order chi connectivity index (χ1) is 16.4. The normalized spacial score (nSPS) is 13.0. The van der Waals surface area contributed by atoms with E-state index in [1.165, 1.54) is 30.3 Å². The van der Waals surface area contributed by atoms with Crippen LogP contribution >= 0.6 is 0 Å². The highest BCUT2D eigenvalue weighted by Gasteiger charge is 2.21. The second kappa shape index (κ2) is 10.3. The molecule has 188 valence electrons.